The van der Waals surface area contributed by atoms with Crippen LogP contribution in [0.25, 0.3) is 33.9 Å². The summed E-state index contributed by atoms with van der Waals surface area (Å²) in [5.41, 5.74) is 2.26. The number of aromatic nitrogens is 2. The Morgan fingerprint density at radius 1 is 0.818 bits per heavy atom. The summed E-state index contributed by atoms with van der Waals surface area (Å²) in [5, 5.41) is 2.61. The van der Waals surface area contributed by atoms with Crippen LogP contribution in [0, 0.1) is 0 Å². The van der Waals surface area contributed by atoms with Gasteiger partial charge in [0.2, 0.25) is 0 Å². The lowest BCUT2D eigenvalue weighted by Gasteiger charge is -2.08. The number of amides is 1. The van der Waals surface area contributed by atoms with Crippen molar-refractivity contribution in [3.63, 3.8) is 0 Å². The first kappa shape index (κ1) is 20.3. The molecule has 0 aliphatic rings. The van der Waals surface area contributed by atoms with Crippen molar-refractivity contribution in [2.24, 2.45) is 0 Å². The number of fused-ring (bicyclic) bond motifs is 1. The molecule has 0 radical (unpaired) electrons. The van der Waals surface area contributed by atoms with Crippen LogP contribution in [0.2, 0.25) is 0 Å². The standard InChI is InChI=1S/C24H17N3O6/c28-21(25-13-16-4-1-9-30-16)14-33-24(29)15-7-8-17-18(12-15)27-23(20-6-3-11-32-20)22(26-17)19-5-2-10-31-19/h1-12H,13-14H2,(H,25,28). The van der Waals surface area contributed by atoms with Gasteiger partial charge in [-0.1, -0.05) is 0 Å². The first-order valence-corrected chi connectivity index (χ1v) is 10.0. The number of benzene rings is 1. The lowest BCUT2D eigenvalue weighted by atomic mass is 10.1. The van der Waals surface area contributed by atoms with E-state index < -0.39 is 18.5 Å². The summed E-state index contributed by atoms with van der Waals surface area (Å²) < 4.78 is 21.3. The number of rotatable bonds is 7. The molecule has 0 aliphatic carbocycles. The van der Waals surface area contributed by atoms with Gasteiger partial charge in [0, 0.05) is 0 Å². The minimum Gasteiger partial charge on any atom is -0.467 e. The van der Waals surface area contributed by atoms with E-state index in [4.69, 9.17) is 18.0 Å². The van der Waals surface area contributed by atoms with Crippen molar-refractivity contribution in [3.8, 4) is 22.9 Å². The van der Waals surface area contributed by atoms with Crippen LogP contribution < -0.4 is 5.32 Å². The Kier molecular flexibility index (Phi) is 5.42. The third-order valence-electron chi connectivity index (χ3n) is 4.78. The van der Waals surface area contributed by atoms with Crippen molar-refractivity contribution < 1.29 is 27.6 Å². The summed E-state index contributed by atoms with van der Waals surface area (Å²) in [6, 6.07) is 15.3. The monoisotopic (exact) mass is 443 g/mol. The Morgan fingerprint density at radius 2 is 1.48 bits per heavy atom. The molecule has 5 rings (SSSR count). The van der Waals surface area contributed by atoms with Gasteiger partial charge in [0.05, 0.1) is 41.9 Å². The molecule has 1 N–H and O–H groups in total. The number of hydrogen-bond acceptors (Lipinski definition) is 8. The van der Waals surface area contributed by atoms with Gasteiger partial charge in [0.25, 0.3) is 5.91 Å². The zero-order valence-corrected chi connectivity index (χ0v) is 17.2. The zero-order valence-electron chi connectivity index (χ0n) is 17.2. The number of esters is 1. The number of nitrogens with zero attached hydrogens (tertiary/aromatic N) is 2. The predicted molar refractivity (Wildman–Crippen MR) is 116 cm³/mol. The molecule has 9 nitrogen and oxygen atoms in total. The molecule has 9 heteroatoms. The van der Waals surface area contributed by atoms with Crippen molar-refractivity contribution in [2.75, 3.05) is 6.61 Å². The highest BCUT2D eigenvalue weighted by atomic mass is 16.5. The fourth-order valence-electron chi connectivity index (χ4n) is 3.22. The molecule has 0 unspecified atom stereocenters. The maximum atomic E-state index is 12.5. The number of ether oxygens (including phenoxy) is 1. The van der Waals surface area contributed by atoms with Gasteiger partial charge in [-0.25, -0.2) is 14.8 Å². The summed E-state index contributed by atoms with van der Waals surface area (Å²) in [5.74, 6) is 0.561. The first-order chi connectivity index (χ1) is 16.2. The molecule has 0 bridgehead atoms. The number of carbonyl (C=O) groups excluding carboxylic acids is 2. The molecule has 1 amide bonds. The molecule has 0 fully saturated rings. The van der Waals surface area contributed by atoms with E-state index in [1.54, 1.807) is 60.9 Å². The third-order valence-corrected chi connectivity index (χ3v) is 4.78. The van der Waals surface area contributed by atoms with Gasteiger partial charge in [-0.2, -0.15) is 0 Å². The highest BCUT2D eigenvalue weighted by Crippen LogP contribution is 2.31. The Labute approximate surface area is 187 Å². The molecular formula is C24H17N3O6. The molecule has 0 saturated heterocycles. The second kappa shape index (κ2) is 8.83. The largest absolute Gasteiger partial charge is 0.467 e. The average molecular weight is 443 g/mol. The summed E-state index contributed by atoms with van der Waals surface area (Å²) >= 11 is 0. The minimum absolute atomic E-state index is 0.211. The molecule has 33 heavy (non-hydrogen) atoms. The van der Waals surface area contributed by atoms with E-state index in [-0.39, 0.29) is 12.1 Å². The van der Waals surface area contributed by atoms with Crippen LogP contribution in [0.3, 0.4) is 0 Å². The van der Waals surface area contributed by atoms with E-state index in [1.165, 1.54) is 12.5 Å². The molecule has 164 valence electrons. The van der Waals surface area contributed by atoms with Crippen molar-refractivity contribution in [1.82, 2.24) is 15.3 Å². The number of furan rings is 3. The third kappa shape index (κ3) is 4.38. The highest BCUT2D eigenvalue weighted by Gasteiger charge is 2.18. The second-order valence-electron chi connectivity index (χ2n) is 7.01. The Bertz CT molecular complexity index is 1390. The normalized spacial score (nSPS) is 10.9. The van der Waals surface area contributed by atoms with Crippen molar-refractivity contribution in [1.29, 1.82) is 0 Å². The SMILES string of the molecule is O=C(COC(=O)c1ccc2nc(-c3ccco3)c(-c3ccco3)nc2c1)NCc1ccco1. The van der Waals surface area contributed by atoms with Gasteiger partial charge in [-0.05, 0) is 54.6 Å². The van der Waals surface area contributed by atoms with E-state index in [2.05, 4.69) is 15.3 Å². The van der Waals surface area contributed by atoms with Gasteiger partial charge in [0.15, 0.2) is 18.1 Å². The molecule has 0 saturated carbocycles. The second-order valence-corrected chi connectivity index (χ2v) is 7.01. The van der Waals surface area contributed by atoms with E-state index in [9.17, 15) is 9.59 Å². The van der Waals surface area contributed by atoms with Crippen LogP contribution in [0.15, 0.2) is 86.6 Å². The van der Waals surface area contributed by atoms with Crippen LogP contribution >= 0.6 is 0 Å². The van der Waals surface area contributed by atoms with Crippen LogP contribution in [0.4, 0.5) is 0 Å². The lowest BCUT2D eigenvalue weighted by molar-refractivity contribution is -0.124. The van der Waals surface area contributed by atoms with Crippen LogP contribution in [0.1, 0.15) is 16.1 Å². The topological polar surface area (TPSA) is 121 Å². The average Bonchev–Trinajstić information content (AvgIpc) is 3.63. The molecule has 1 aromatic carbocycles. The number of hydrogen-bond donors (Lipinski definition) is 1. The van der Waals surface area contributed by atoms with Crippen molar-refractivity contribution in [2.45, 2.75) is 6.54 Å². The summed E-state index contributed by atoms with van der Waals surface area (Å²) in [7, 11) is 0. The predicted octanol–water partition coefficient (Wildman–Crippen LogP) is 4.22. The molecule has 4 heterocycles. The van der Waals surface area contributed by atoms with Crippen LogP contribution in [-0.4, -0.2) is 28.5 Å². The summed E-state index contributed by atoms with van der Waals surface area (Å²) in [6.45, 7) is -0.207. The first-order valence-electron chi connectivity index (χ1n) is 10.0. The molecule has 0 spiro atoms. The molecule has 0 aliphatic heterocycles. The van der Waals surface area contributed by atoms with Crippen molar-refractivity contribution >= 4 is 22.9 Å². The summed E-state index contributed by atoms with van der Waals surface area (Å²) in [6.07, 6.45) is 4.61. The van der Waals surface area contributed by atoms with Gasteiger partial charge in [-0.3, -0.25) is 4.79 Å². The number of nitrogens with one attached hydrogen (secondary N) is 1. The van der Waals surface area contributed by atoms with E-state index >= 15 is 0 Å². The Balaban J connectivity index is 1.36. The Hall–Kier alpha value is -4.66. The fourth-order valence-corrected chi connectivity index (χ4v) is 3.22. The zero-order chi connectivity index (χ0) is 22.6. The lowest BCUT2D eigenvalue weighted by Crippen LogP contribution is -2.28. The molecule has 5 aromatic rings. The van der Waals surface area contributed by atoms with Crippen molar-refractivity contribution in [3.05, 3.63) is 84.7 Å². The van der Waals surface area contributed by atoms with E-state index in [0.29, 0.717) is 39.7 Å². The summed E-state index contributed by atoms with van der Waals surface area (Å²) in [4.78, 5) is 33.7. The smallest absolute Gasteiger partial charge is 0.338 e. The highest BCUT2D eigenvalue weighted by molar-refractivity contribution is 5.95. The van der Waals surface area contributed by atoms with Gasteiger partial charge < -0.3 is 23.3 Å². The number of carbonyl (C=O) groups is 2. The van der Waals surface area contributed by atoms with E-state index in [1.807, 2.05) is 0 Å². The fraction of sp³-hybridized carbons (Fsp3) is 0.0833. The van der Waals surface area contributed by atoms with Gasteiger partial charge in [0.1, 0.15) is 17.1 Å². The van der Waals surface area contributed by atoms with Crippen LogP contribution in [0.5, 0.6) is 0 Å². The van der Waals surface area contributed by atoms with Crippen LogP contribution in [-0.2, 0) is 16.1 Å². The van der Waals surface area contributed by atoms with Gasteiger partial charge >= 0.3 is 5.97 Å². The maximum Gasteiger partial charge on any atom is 0.338 e. The van der Waals surface area contributed by atoms with Gasteiger partial charge in [-0.15, -0.1) is 0 Å². The maximum absolute atomic E-state index is 12.5. The quantitative estimate of drug-likeness (QED) is 0.371. The minimum atomic E-state index is -0.651. The molecular weight excluding hydrogens is 426 g/mol. The Morgan fingerprint density at radius 3 is 2.12 bits per heavy atom. The van der Waals surface area contributed by atoms with E-state index in [0.717, 1.165) is 0 Å². The molecule has 4 aromatic heterocycles. The molecule has 0 atom stereocenters.